The van der Waals surface area contributed by atoms with E-state index in [0.29, 0.717) is 42.6 Å². The van der Waals surface area contributed by atoms with Crippen molar-refractivity contribution in [2.24, 2.45) is 17.6 Å². The van der Waals surface area contributed by atoms with E-state index in [1.807, 2.05) is 37.3 Å². The second-order valence-electron chi connectivity index (χ2n) is 9.73. The highest BCUT2D eigenvalue weighted by Gasteiger charge is 2.46. The number of benzene rings is 2. The summed E-state index contributed by atoms with van der Waals surface area (Å²) in [7, 11) is 0. The van der Waals surface area contributed by atoms with Crippen molar-refractivity contribution in [1.82, 2.24) is 4.90 Å². The molecule has 2 N–H and O–H groups in total. The third kappa shape index (κ3) is 5.94. The first-order chi connectivity index (χ1) is 16.0. The van der Waals surface area contributed by atoms with Crippen LogP contribution in [0.4, 0.5) is 4.39 Å². The van der Waals surface area contributed by atoms with Gasteiger partial charge in [-0.25, -0.2) is 4.39 Å². The molecule has 2 fully saturated rings. The molecular formula is C28H36ClFN2O2. The van der Waals surface area contributed by atoms with Gasteiger partial charge in [-0.1, -0.05) is 50.1 Å². The van der Waals surface area contributed by atoms with Gasteiger partial charge in [-0.15, -0.1) is 12.4 Å². The molecule has 1 aliphatic heterocycles. The minimum Gasteiger partial charge on any atom is -0.316 e. The van der Waals surface area contributed by atoms with Crippen LogP contribution in [-0.4, -0.2) is 35.2 Å². The first-order valence-electron chi connectivity index (χ1n) is 12.3. The summed E-state index contributed by atoms with van der Waals surface area (Å²) in [5.41, 5.74) is 8.27. The third-order valence-electron chi connectivity index (χ3n) is 7.72. The molecule has 4 nitrogen and oxygen atoms in total. The lowest BCUT2D eigenvalue weighted by atomic mass is 9.67. The zero-order valence-electron chi connectivity index (χ0n) is 19.9. The topological polar surface area (TPSA) is 63.4 Å². The maximum absolute atomic E-state index is 13.5. The summed E-state index contributed by atoms with van der Waals surface area (Å²) >= 11 is 0. The molecule has 2 aromatic rings. The van der Waals surface area contributed by atoms with E-state index < -0.39 is 0 Å². The van der Waals surface area contributed by atoms with E-state index in [-0.39, 0.29) is 42.0 Å². The van der Waals surface area contributed by atoms with Crippen molar-refractivity contribution in [3.05, 3.63) is 71.5 Å². The second-order valence-corrected chi connectivity index (χ2v) is 9.73. The average Bonchev–Trinajstić information content (AvgIpc) is 2.85. The Labute approximate surface area is 208 Å². The molecule has 1 saturated heterocycles. The van der Waals surface area contributed by atoms with E-state index in [1.54, 1.807) is 12.1 Å². The minimum absolute atomic E-state index is 0. The van der Waals surface area contributed by atoms with Gasteiger partial charge < -0.3 is 5.73 Å². The maximum Gasteiger partial charge on any atom is 0.162 e. The van der Waals surface area contributed by atoms with Crippen molar-refractivity contribution in [1.29, 1.82) is 0 Å². The van der Waals surface area contributed by atoms with E-state index in [9.17, 15) is 14.0 Å². The molecule has 5 atom stereocenters. The molecule has 2 aromatic carbocycles. The van der Waals surface area contributed by atoms with Crippen LogP contribution in [0.15, 0.2) is 54.6 Å². The molecule has 1 saturated carbocycles. The van der Waals surface area contributed by atoms with Gasteiger partial charge in [0.05, 0.1) is 6.17 Å². The Morgan fingerprint density at radius 3 is 2.44 bits per heavy atom. The largest absolute Gasteiger partial charge is 0.316 e. The van der Waals surface area contributed by atoms with Crippen molar-refractivity contribution < 1.29 is 14.0 Å². The number of nitrogens with zero attached hydrogens (tertiary/aromatic N) is 1. The van der Waals surface area contributed by atoms with Gasteiger partial charge in [0.2, 0.25) is 0 Å². The first kappa shape index (κ1) is 26.5. The van der Waals surface area contributed by atoms with E-state index in [0.717, 1.165) is 37.8 Å². The molecule has 184 valence electrons. The monoisotopic (exact) mass is 486 g/mol. The Morgan fingerprint density at radius 2 is 1.74 bits per heavy atom. The summed E-state index contributed by atoms with van der Waals surface area (Å²) in [5.74, 6) is 0.235. The number of Topliss-reactive ketones (excluding diaryl/α,β-unsaturated/α-hetero) is 2. The Bertz CT molecular complexity index is 953. The highest BCUT2D eigenvalue weighted by molar-refractivity contribution is 5.96. The number of hydrogen-bond donors (Lipinski definition) is 1. The lowest BCUT2D eigenvalue weighted by molar-refractivity contribution is -0.132. The normalized spacial score (nSPS) is 25.6. The molecule has 0 bridgehead atoms. The number of halogens is 2. The highest BCUT2D eigenvalue weighted by Crippen LogP contribution is 2.42. The van der Waals surface area contributed by atoms with Gasteiger partial charge in [0.25, 0.3) is 0 Å². The molecule has 6 heteroatoms. The second kappa shape index (κ2) is 12.1. The minimum atomic E-state index is -0.333. The molecule has 1 heterocycles. The smallest absolute Gasteiger partial charge is 0.162 e. The van der Waals surface area contributed by atoms with Crippen LogP contribution in [0.3, 0.4) is 0 Å². The standard InChI is InChI=1S/C28H35FN2O2.ClH/c1-19(20-8-3-2-4-9-20)28(33)24-18-27(30)31(25-11-6-5-10-23(24)25)17-7-12-26(32)21-13-15-22(29)16-14-21;/h2-4,8-9,13-16,19,23-25,27H,5-7,10-12,17-18,30H2,1H3;1H. The number of carbonyl (C=O) groups excluding carboxylic acids is 2. The molecule has 5 unspecified atom stereocenters. The fraction of sp³-hybridized carbons (Fsp3) is 0.500. The molecule has 34 heavy (non-hydrogen) atoms. The molecule has 4 rings (SSSR count). The Kier molecular flexibility index (Phi) is 9.40. The van der Waals surface area contributed by atoms with E-state index in [2.05, 4.69) is 4.90 Å². The molecule has 0 radical (unpaired) electrons. The molecular weight excluding hydrogens is 451 g/mol. The van der Waals surface area contributed by atoms with Crippen molar-refractivity contribution in [3.8, 4) is 0 Å². The molecule has 0 aromatic heterocycles. The number of carbonyl (C=O) groups is 2. The Balaban J connectivity index is 0.00000324. The molecule has 0 amide bonds. The van der Waals surface area contributed by atoms with Gasteiger partial charge in [0.15, 0.2) is 5.78 Å². The lowest BCUT2D eigenvalue weighted by Gasteiger charge is -2.51. The predicted molar refractivity (Wildman–Crippen MR) is 136 cm³/mol. The summed E-state index contributed by atoms with van der Waals surface area (Å²) in [5, 5.41) is 0. The van der Waals surface area contributed by atoms with Gasteiger partial charge in [-0.3, -0.25) is 14.5 Å². The van der Waals surface area contributed by atoms with Crippen LogP contribution in [0, 0.1) is 17.7 Å². The van der Waals surface area contributed by atoms with Crippen molar-refractivity contribution in [2.45, 2.75) is 70.0 Å². The lowest BCUT2D eigenvalue weighted by Crippen LogP contribution is -2.60. The number of likely N-dealkylation sites (tertiary alicyclic amines) is 1. The summed E-state index contributed by atoms with van der Waals surface area (Å²) in [4.78, 5) is 28.4. The first-order valence-corrected chi connectivity index (χ1v) is 12.3. The highest BCUT2D eigenvalue weighted by atomic mass is 35.5. The Morgan fingerprint density at radius 1 is 1.06 bits per heavy atom. The van der Waals surface area contributed by atoms with Crippen LogP contribution in [0.2, 0.25) is 0 Å². The zero-order valence-corrected chi connectivity index (χ0v) is 20.7. The van der Waals surface area contributed by atoms with Crippen molar-refractivity contribution >= 4 is 24.0 Å². The SMILES string of the molecule is CC(C(=O)C1CC(N)N(CCCC(=O)c2ccc(F)cc2)C2CCCCC12)c1ccccc1.Cl. The van der Waals surface area contributed by atoms with Crippen LogP contribution in [0.25, 0.3) is 0 Å². The van der Waals surface area contributed by atoms with Gasteiger partial charge in [0, 0.05) is 36.4 Å². The Hall–Kier alpha value is -2.08. The number of nitrogens with two attached hydrogens (primary N) is 1. The van der Waals surface area contributed by atoms with Crippen LogP contribution < -0.4 is 5.73 Å². The zero-order chi connectivity index (χ0) is 23.4. The van der Waals surface area contributed by atoms with E-state index in [1.165, 1.54) is 12.1 Å². The number of piperidine rings is 1. The summed E-state index contributed by atoms with van der Waals surface area (Å²) in [6, 6.07) is 16.1. The number of rotatable bonds is 8. The van der Waals surface area contributed by atoms with Gasteiger partial charge in [-0.2, -0.15) is 0 Å². The summed E-state index contributed by atoms with van der Waals surface area (Å²) < 4.78 is 13.1. The van der Waals surface area contributed by atoms with Crippen LogP contribution >= 0.6 is 12.4 Å². The fourth-order valence-electron chi connectivity index (χ4n) is 5.93. The molecule has 1 aliphatic carbocycles. The number of ketones is 2. The maximum atomic E-state index is 13.5. The van der Waals surface area contributed by atoms with Gasteiger partial charge in [0.1, 0.15) is 11.6 Å². The van der Waals surface area contributed by atoms with Crippen LogP contribution in [0.1, 0.15) is 73.7 Å². The van der Waals surface area contributed by atoms with Crippen LogP contribution in [-0.2, 0) is 4.79 Å². The van der Waals surface area contributed by atoms with E-state index >= 15 is 0 Å². The molecule has 2 aliphatic rings. The quantitative estimate of drug-likeness (QED) is 0.482. The third-order valence-corrected chi connectivity index (χ3v) is 7.72. The fourth-order valence-corrected chi connectivity index (χ4v) is 5.93. The average molecular weight is 487 g/mol. The summed E-state index contributed by atoms with van der Waals surface area (Å²) in [6.45, 7) is 2.78. The number of hydrogen-bond acceptors (Lipinski definition) is 4. The van der Waals surface area contributed by atoms with Gasteiger partial charge >= 0.3 is 0 Å². The van der Waals surface area contributed by atoms with Crippen LogP contribution in [0.5, 0.6) is 0 Å². The van der Waals surface area contributed by atoms with E-state index in [4.69, 9.17) is 5.73 Å². The predicted octanol–water partition coefficient (Wildman–Crippen LogP) is 5.75. The van der Waals surface area contributed by atoms with Crippen molar-refractivity contribution in [3.63, 3.8) is 0 Å². The molecule has 0 spiro atoms. The number of fused-ring (bicyclic) bond motifs is 1. The summed E-state index contributed by atoms with van der Waals surface area (Å²) in [6.07, 6.45) is 6.11. The van der Waals surface area contributed by atoms with Gasteiger partial charge in [-0.05, 0) is 61.4 Å². The van der Waals surface area contributed by atoms with Crippen molar-refractivity contribution in [2.75, 3.05) is 6.54 Å².